The van der Waals surface area contributed by atoms with Gasteiger partial charge in [-0.3, -0.25) is 0 Å². The third-order valence-corrected chi connectivity index (χ3v) is 6.98. The summed E-state index contributed by atoms with van der Waals surface area (Å²) in [6.45, 7) is 0. The zero-order valence-electron chi connectivity index (χ0n) is 12.8. The maximum atomic E-state index is 2.30. The molecule has 4 aromatic carbocycles. The van der Waals surface area contributed by atoms with E-state index in [4.69, 9.17) is 0 Å². The quantitative estimate of drug-likeness (QED) is 0.402. The molecule has 0 aliphatic rings. The lowest BCUT2D eigenvalue weighted by Gasteiger charge is -2.18. The van der Waals surface area contributed by atoms with Crippen LogP contribution in [0.25, 0.3) is 10.8 Å². The second-order valence-electron chi connectivity index (χ2n) is 5.63. The van der Waals surface area contributed by atoms with E-state index in [1.807, 2.05) is 0 Å². The Bertz CT molecular complexity index is 869. The molecule has 4 rings (SSSR count). The normalized spacial score (nSPS) is 11.0. The molecule has 23 heavy (non-hydrogen) atoms. The molecule has 109 valence electrons. The van der Waals surface area contributed by atoms with Crippen molar-refractivity contribution in [3.05, 3.63) is 103 Å². The molecule has 4 aromatic rings. The average molecular weight is 309 g/mol. The Morgan fingerprint density at radius 2 is 0.957 bits per heavy atom. The molecule has 0 saturated carbocycles. The summed E-state index contributed by atoms with van der Waals surface area (Å²) < 4.78 is 0. The first-order valence-electron chi connectivity index (χ1n) is 7.89. The maximum absolute atomic E-state index is 2.30. The Morgan fingerprint density at radius 1 is 0.435 bits per heavy atom. The number of benzene rings is 4. The molecule has 0 heterocycles. The molecule has 0 amide bonds. The first-order chi connectivity index (χ1) is 11.4. The topological polar surface area (TPSA) is 0 Å². The SMILES string of the molecule is c1ccc([Si](c2ccccc2)c2cccc3ccccc23)cc1. The molecular formula is C22H17Si. The Kier molecular flexibility index (Phi) is 3.79. The van der Waals surface area contributed by atoms with Crippen LogP contribution in [-0.2, 0) is 0 Å². The molecule has 0 atom stereocenters. The first-order valence-corrected chi connectivity index (χ1v) is 9.39. The van der Waals surface area contributed by atoms with E-state index in [-0.39, 0.29) is 0 Å². The van der Waals surface area contributed by atoms with Crippen LogP contribution in [0.15, 0.2) is 103 Å². The van der Waals surface area contributed by atoms with Gasteiger partial charge in [0.25, 0.3) is 0 Å². The van der Waals surface area contributed by atoms with Crippen molar-refractivity contribution in [2.24, 2.45) is 0 Å². The van der Waals surface area contributed by atoms with Gasteiger partial charge >= 0.3 is 0 Å². The van der Waals surface area contributed by atoms with E-state index in [9.17, 15) is 0 Å². The lowest BCUT2D eigenvalue weighted by molar-refractivity contribution is 1.72. The van der Waals surface area contributed by atoms with Gasteiger partial charge in [0, 0.05) is 0 Å². The zero-order chi connectivity index (χ0) is 15.5. The summed E-state index contributed by atoms with van der Waals surface area (Å²) in [6, 6.07) is 37.2. The molecule has 0 bridgehead atoms. The monoisotopic (exact) mass is 309 g/mol. The molecule has 0 saturated heterocycles. The van der Waals surface area contributed by atoms with E-state index in [0.717, 1.165) is 0 Å². The fourth-order valence-corrected chi connectivity index (χ4v) is 5.90. The van der Waals surface area contributed by atoms with Crippen molar-refractivity contribution in [1.29, 1.82) is 0 Å². The lowest BCUT2D eigenvalue weighted by atomic mass is 10.1. The van der Waals surface area contributed by atoms with Crippen LogP contribution in [0.5, 0.6) is 0 Å². The molecule has 0 aromatic heterocycles. The van der Waals surface area contributed by atoms with Gasteiger partial charge in [0.2, 0.25) is 0 Å². The fraction of sp³-hybridized carbons (Fsp3) is 0. The van der Waals surface area contributed by atoms with Crippen molar-refractivity contribution in [2.75, 3.05) is 0 Å². The summed E-state index contributed by atoms with van der Waals surface area (Å²) in [5, 5.41) is 7.02. The molecule has 0 unspecified atom stereocenters. The average Bonchev–Trinajstić information content (AvgIpc) is 2.64. The van der Waals surface area contributed by atoms with Gasteiger partial charge in [-0.1, -0.05) is 114 Å². The van der Waals surface area contributed by atoms with Crippen LogP contribution in [-0.4, -0.2) is 8.80 Å². The predicted octanol–water partition coefficient (Wildman–Crippen LogP) is 3.36. The van der Waals surface area contributed by atoms with Gasteiger partial charge in [0.05, 0.1) is 0 Å². The molecule has 0 N–H and O–H groups in total. The second-order valence-corrected chi connectivity index (χ2v) is 8.08. The van der Waals surface area contributed by atoms with E-state index in [1.165, 1.54) is 26.3 Å². The molecule has 0 aliphatic carbocycles. The Labute approximate surface area is 138 Å². The Balaban J connectivity index is 1.98. The standard InChI is InChI=1S/C22H17Si/c1-3-12-19(13-4-1)23(20-14-5-2-6-15-20)22-17-9-11-18-10-7-8-16-21(18)22/h1-17H. The summed E-state index contributed by atoms with van der Waals surface area (Å²) >= 11 is 0. The van der Waals surface area contributed by atoms with Gasteiger partial charge in [-0.2, -0.15) is 0 Å². The largest absolute Gasteiger partial charge is 0.155 e. The van der Waals surface area contributed by atoms with Gasteiger partial charge in [-0.15, -0.1) is 0 Å². The van der Waals surface area contributed by atoms with Crippen molar-refractivity contribution < 1.29 is 0 Å². The highest BCUT2D eigenvalue weighted by Crippen LogP contribution is 2.12. The van der Waals surface area contributed by atoms with Crippen LogP contribution < -0.4 is 15.6 Å². The minimum Gasteiger partial charge on any atom is -0.0624 e. The van der Waals surface area contributed by atoms with E-state index >= 15 is 0 Å². The molecular weight excluding hydrogens is 292 g/mol. The van der Waals surface area contributed by atoms with Gasteiger partial charge in [-0.25, -0.2) is 0 Å². The third-order valence-electron chi connectivity index (χ3n) is 4.18. The molecule has 1 radical (unpaired) electrons. The highest BCUT2D eigenvalue weighted by atomic mass is 28.3. The van der Waals surface area contributed by atoms with Crippen LogP contribution in [0.2, 0.25) is 0 Å². The predicted molar refractivity (Wildman–Crippen MR) is 101 cm³/mol. The molecule has 0 nitrogen and oxygen atoms in total. The van der Waals surface area contributed by atoms with Crippen molar-refractivity contribution in [1.82, 2.24) is 0 Å². The molecule has 1 heteroatoms. The van der Waals surface area contributed by atoms with Crippen LogP contribution in [0.1, 0.15) is 0 Å². The van der Waals surface area contributed by atoms with Crippen molar-refractivity contribution in [3.63, 3.8) is 0 Å². The number of fused-ring (bicyclic) bond motifs is 1. The van der Waals surface area contributed by atoms with Crippen molar-refractivity contribution >= 4 is 35.1 Å². The smallest absolute Gasteiger partial charge is 0.0624 e. The molecule has 0 spiro atoms. The second kappa shape index (κ2) is 6.23. The summed E-state index contributed by atoms with van der Waals surface area (Å²) in [7, 11) is -1.00. The highest BCUT2D eigenvalue weighted by Gasteiger charge is 2.20. The van der Waals surface area contributed by atoms with Crippen LogP contribution >= 0.6 is 0 Å². The van der Waals surface area contributed by atoms with Gasteiger partial charge in [0.1, 0.15) is 0 Å². The van der Waals surface area contributed by atoms with Crippen LogP contribution in [0.3, 0.4) is 0 Å². The fourth-order valence-electron chi connectivity index (χ4n) is 3.13. The van der Waals surface area contributed by atoms with Crippen LogP contribution in [0, 0.1) is 0 Å². The third kappa shape index (κ3) is 2.71. The summed E-state index contributed by atoms with van der Waals surface area (Å²) in [4.78, 5) is 0. The minimum absolute atomic E-state index is 1.00. The highest BCUT2D eigenvalue weighted by molar-refractivity contribution is 6.96. The number of rotatable bonds is 3. The zero-order valence-corrected chi connectivity index (χ0v) is 13.8. The molecule has 0 aliphatic heterocycles. The van der Waals surface area contributed by atoms with E-state index in [0.29, 0.717) is 0 Å². The van der Waals surface area contributed by atoms with Crippen molar-refractivity contribution in [2.45, 2.75) is 0 Å². The Hall–Kier alpha value is -2.64. The minimum atomic E-state index is -1.00. The van der Waals surface area contributed by atoms with E-state index < -0.39 is 8.80 Å². The van der Waals surface area contributed by atoms with Gasteiger partial charge in [0.15, 0.2) is 8.80 Å². The van der Waals surface area contributed by atoms with Gasteiger partial charge in [-0.05, 0) is 16.0 Å². The molecule has 0 fully saturated rings. The van der Waals surface area contributed by atoms with Crippen LogP contribution in [0.4, 0.5) is 0 Å². The van der Waals surface area contributed by atoms with E-state index in [2.05, 4.69) is 103 Å². The lowest BCUT2D eigenvalue weighted by Crippen LogP contribution is -2.52. The summed E-state index contributed by atoms with van der Waals surface area (Å²) in [5.74, 6) is 0. The number of hydrogen-bond donors (Lipinski definition) is 0. The van der Waals surface area contributed by atoms with Gasteiger partial charge < -0.3 is 0 Å². The maximum Gasteiger partial charge on any atom is 0.155 e. The summed E-state index contributed by atoms with van der Waals surface area (Å²) in [5.41, 5.74) is 0. The number of hydrogen-bond acceptors (Lipinski definition) is 0. The summed E-state index contributed by atoms with van der Waals surface area (Å²) in [6.07, 6.45) is 0. The Morgan fingerprint density at radius 3 is 1.61 bits per heavy atom. The first kappa shape index (κ1) is 14.0. The van der Waals surface area contributed by atoms with E-state index in [1.54, 1.807) is 0 Å². The van der Waals surface area contributed by atoms with Crippen molar-refractivity contribution in [3.8, 4) is 0 Å².